The zero-order chi connectivity index (χ0) is 15.8. The Morgan fingerprint density at radius 2 is 1.86 bits per heavy atom. The first-order valence-corrected chi connectivity index (χ1v) is 7.43. The monoisotopic (exact) mass is 311 g/mol. The summed E-state index contributed by atoms with van der Waals surface area (Å²) < 4.78 is 0. The molecule has 1 aromatic carbocycles. The predicted octanol–water partition coefficient (Wildman–Crippen LogP) is 2.04. The molecule has 0 aromatic heterocycles. The molecule has 0 aliphatic rings. The van der Waals surface area contributed by atoms with Gasteiger partial charge in [0.25, 0.3) is 0 Å². The summed E-state index contributed by atoms with van der Waals surface area (Å²) in [5, 5.41) is 5.79. The van der Waals surface area contributed by atoms with Gasteiger partial charge in [0.15, 0.2) is 0 Å². The van der Waals surface area contributed by atoms with Crippen molar-refractivity contribution < 1.29 is 9.59 Å². The fourth-order valence-corrected chi connectivity index (χ4v) is 2.12. The molecule has 0 heterocycles. The maximum atomic E-state index is 11.8. The lowest BCUT2D eigenvalue weighted by atomic mass is 10.2. The standard InChI is InChI=1S/C15H22ClN3O2/c1-4-19(5-2)9-8-17-14(20)15(21)18-13-7-6-12(16)10-11(13)3/h6-7,10H,4-5,8-9H2,1-3H3,(H,17,20)(H,18,21). The van der Waals surface area contributed by atoms with Gasteiger partial charge in [-0.05, 0) is 43.8 Å². The van der Waals surface area contributed by atoms with E-state index in [9.17, 15) is 9.59 Å². The Labute approximate surface area is 130 Å². The Morgan fingerprint density at radius 3 is 2.43 bits per heavy atom. The second-order valence-electron chi connectivity index (χ2n) is 4.70. The van der Waals surface area contributed by atoms with Gasteiger partial charge in [-0.3, -0.25) is 9.59 Å². The van der Waals surface area contributed by atoms with Gasteiger partial charge in [0.1, 0.15) is 0 Å². The molecule has 0 saturated carbocycles. The van der Waals surface area contributed by atoms with Gasteiger partial charge in [0, 0.05) is 23.8 Å². The van der Waals surface area contributed by atoms with Crippen LogP contribution < -0.4 is 10.6 Å². The van der Waals surface area contributed by atoms with Crippen LogP contribution >= 0.6 is 11.6 Å². The summed E-state index contributed by atoms with van der Waals surface area (Å²) in [7, 11) is 0. The van der Waals surface area contributed by atoms with Crippen LogP contribution in [0.5, 0.6) is 0 Å². The van der Waals surface area contributed by atoms with Crippen molar-refractivity contribution in [2.45, 2.75) is 20.8 Å². The van der Waals surface area contributed by atoms with E-state index in [2.05, 4.69) is 29.4 Å². The van der Waals surface area contributed by atoms with Gasteiger partial charge < -0.3 is 15.5 Å². The summed E-state index contributed by atoms with van der Waals surface area (Å²) in [4.78, 5) is 25.7. The first-order valence-electron chi connectivity index (χ1n) is 7.05. The zero-order valence-corrected chi connectivity index (χ0v) is 13.5. The van der Waals surface area contributed by atoms with E-state index < -0.39 is 11.8 Å². The summed E-state index contributed by atoms with van der Waals surface area (Å²) in [6, 6.07) is 5.08. The Balaban J connectivity index is 2.46. The Morgan fingerprint density at radius 1 is 1.19 bits per heavy atom. The highest BCUT2D eigenvalue weighted by molar-refractivity contribution is 6.39. The second-order valence-corrected chi connectivity index (χ2v) is 5.13. The van der Waals surface area contributed by atoms with Crippen molar-refractivity contribution in [3.05, 3.63) is 28.8 Å². The lowest BCUT2D eigenvalue weighted by molar-refractivity contribution is -0.136. The van der Waals surface area contributed by atoms with Crippen molar-refractivity contribution >= 4 is 29.1 Å². The molecular formula is C15H22ClN3O2. The minimum absolute atomic E-state index is 0.452. The third-order valence-electron chi connectivity index (χ3n) is 3.25. The molecule has 6 heteroatoms. The smallest absolute Gasteiger partial charge is 0.313 e. The minimum Gasteiger partial charge on any atom is -0.347 e. The number of benzene rings is 1. The number of hydrogen-bond acceptors (Lipinski definition) is 3. The number of carbonyl (C=O) groups excluding carboxylic acids is 2. The van der Waals surface area contributed by atoms with Crippen LogP contribution in [-0.4, -0.2) is 42.9 Å². The summed E-state index contributed by atoms with van der Waals surface area (Å²) in [6.07, 6.45) is 0. The number of halogens is 1. The highest BCUT2D eigenvalue weighted by Gasteiger charge is 2.14. The first-order chi connectivity index (χ1) is 9.97. The molecule has 1 aromatic rings. The maximum Gasteiger partial charge on any atom is 0.313 e. The molecule has 0 aliphatic heterocycles. The molecule has 0 bridgehead atoms. The van der Waals surface area contributed by atoms with Crippen LogP contribution in [0, 0.1) is 6.92 Å². The number of aryl methyl sites for hydroxylation is 1. The van der Waals surface area contributed by atoms with Gasteiger partial charge in [-0.2, -0.15) is 0 Å². The predicted molar refractivity (Wildman–Crippen MR) is 85.6 cm³/mol. The number of amides is 2. The topological polar surface area (TPSA) is 61.4 Å². The second kappa shape index (κ2) is 8.64. The molecule has 0 saturated heterocycles. The van der Waals surface area contributed by atoms with Crippen molar-refractivity contribution in [2.75, 3.05) is 31.5 Å². The molecule has 21 heavy (non-hydrogen) atoms. The van der Waals surface area contributed by atoms with Gasteiger partial charge in [0.2, 0.25) is 0 Å². The number of rotatable bonds is 6. The lowest BCUT2D eigenvalue weighted by Crippen LogP contribution is -2.40. The maximum absolute atomic E-state index is 11.8. The number of nitrogens with zero attached hydrogens (tertiary/aromatic N) is 1. The molecule has 0 radical (unpaired) electrons. The van der Waals surface area contributed by atoms with Gasteiger partial charge in [0.05, 0.1) is 0 Å². The molecule has 0 aliphatic carbocycles. The third kappa shape index (κ3) is 5.73. The van der Waals surface area contributed by atoms with Crippen LogP contribution in [0.25, 0.3) is 0 Å². The van der Waals surface area contributed by atoms with Crippen LogP contribution in [-0.2, 0) is 9.59 Å². The Bertz CT molecular complexity index is 502. The summed E-state index contributed by atoms with van der Waals surface area (Å²) in [5.41, 5.74) is 1.40. The van der Waals surface area contributed by atoms with Crippen molar-refractivity contribution in [3.8, 4) is 0 Å². The van der Waals surface area contributed by atoms with Crippen LogP contribution in [0.4, 0.5) is 5.69 Å². The molecule has 0 fully saturated rings. The molecule has 0 unspecified atom stereocenters. The van der Waals surface area contributed by atoms with Gasteiger partial charge in [-0.15, -0.1) is 0 Å². The van der Waals surface area contributed by atoms with E-state index in [-0.39, 0.29) is 0 Å². The van der Waals surface area contributed by atoms with Crippen molar-refractivity contribution in [3.63, 3.8) is 0 Å². The average Bonchev–Trinajstić information content (AvgIpc) is 2.46. The van der Waals surface area contributed by atoms with E-state index in [4.69, 9.17) is 11.6 Å². The summed E-state index contributed by atoms with van der Waals surface area (Å²) in [5.74, 6) is -1.29. The fraction of sp³-hybridized carbons (Fsp3) is 0.467. The molecule has 5 nitrogen and oxygen atoms in total. The van der Waals surface area contributed by atoms with Crippen molar-refractivity contribution in [1.29, 1.82) is 0 Å². The quantitative estimate of drug-likeness (QED) is 0.790. The van der Waals surface area contributed by atoms with Gasteiger partial charge >= 0.3 is 11.8 Å². The third-order valence-corrected chi connectivity index (χ3v) is 3.49. The Hall–Kier alpha value is -1.59. The molecule has 116 valence electrons. The first kappa shape index (κ1) is 17.5. The molecular weight excluding hydrogens is 290 g/mol. The minimum atomic E-state index is -0.667. The van der Waals surface area contributed by atoms with E-state index in [1.165, 1.54) is 0 Å². The van der Waals surface area contributed by atoms with Crippen LogP contribution in [0.2, 0.25) is 5.02 Å². The number of nitrogens with one attached hydrogen (secondary N) is 2. The van der Waals surface area contributed by atoms with Crippen LogP contribution in [0.1, 0.15) is 19.4 Å². The molecule has 2 N–H and O–H groups in total. The van der Waals surface area contributed by atoms with E-state index in [0.29, 0.717) is 17.3 Å². The highest BCUT2D eigenvalue weighted by Crippen LogP contribution is 2.19. The molecule has 2 amide bonds. The summed E-state index contributed by atoms with van der Waals surface area (Å²) >= 11 is 5.85. The van der Waals surface area contributed by atoms with E-state index in [1.807, 2.05) is 6.92 Å². The number of carbonyl (C=O) groups is 2. The van der Waals surface area contributed by atoms with E-state index in [0.717, 1.165) is 25.2 Å². The molecule has 1 rings (SSSR count). The molecule has 0 spiro atoms. The van der Waals surface area contributed by atoms with E-state index >= 15 is 0 Å². The van der Waals surface area contributed by atoms with Gasteiger partial charge in [-0.1, -0.05) is 25.4 Å². The number of hydrogen-bond donors (Lipinski definition) is 2. The Kier molecular flexibility index (Phi) is 7.19. The SMILES string of the molecule is CCN(CC)CCNC(=O)C(=O)Nc1ccc(Cl)cc1C. The lowest BCUT2D eigenvalue weighted by Gasteiger charge is -2.17. The van der Waals surface area contributed by atoms with E-state index in [1.54, 1.807) is 18.2 Å². The highest BCUT2D eigenvalue weighted by atomic mass is 35.5. The van der Waals surface area contributed by atoms with Crippen molar-refractivity contribution in [2.24, 2.45) is 0 Å². The normalized spacial score (nSPS) is 10.5. The fourth-order valence-electron chi connectivity index (χ4n) is 1.89. The van der Waals surface area contributed by atoms with Gasteiger partial charge in [-0.25, -0.2) is 0 Å². The molecule has 0 atom stereocenters. The largest absolute Gasteiger partial charge is 0.347 e. The zero-order valence-electron chi connectivity index (χ0n) is 12.7. The average molecular weight is 312 g/mol. The number of anilines is 1. The summed E-state index contributed by atoms with van der Waals surface area (Å²) in [6.45, 7) is 8.95. The van der Waals surface area contributed by atoms with Crippen LogP contribution in [0.15, 0.2) is 18.2 Å². The van der Waals surface area contributed by atoms with Crippen molar-refractivity contribution in [1.82, 2.24) is 10.2 Å². The van der Waals surface area contributed by atoms with Crippen LogP contribution in [0.3, 0.4) is 0 Å². The number of likely N-dealkylation sites (N-methyl/N-ethyl adjacent to an activating group) is 1.